The number of ether oxygens (including phenoxy) is 1. The van der Waals surface area contributed by atoms with E-state index in [9.17, 15) is 21.8 Å². The molecule has 12 nitrogen and oxygen atoms in total. The van der Waals surface area contributed by atoms with Crippen LogP contribution in [-0.4, -0.2) is 27.9 Å². The van der Waals surface area contributed by atoms with Gasteiger partial charge >= 0.3 is 7.60 Å². The van der Waals surface area contributed by atoms with Gasteiger partial charge < -0.3 is 13.8 Å². The van der Waals surface area contributed by atoms with Gasteiger partial charge in [0.2, 0.25) is 0 Å². The van der Waals surface area contributed by atoms with Crippen molar-refractivity contribution in [2.75, 3.05) is 19.4 Å². The van der Waals surface area contributed by atoms with Crippen LogP contribution in [0, 0.1) is 34.3 Å². The lowest BCUT2D eigenvalue weighted by atomic mass is 10.2. The maximum atomic E-state index is 14.2. The van der Waals surface area contributed by atoms with Gasteiger partial charge in [-0.1, -0.05) is 18.0 Å². The molecule has 0 aliphatic carbocycles. The number of nitriles is 2. The first-order valence-corrected chi connectivity index (χ1v) is 17.6. The van der Waals surface area contributed by atoms with Crippen LogP contribution in [0.4, 0.5) is 8.78 Å². The first kappa shape index (κ1) is 34.2. The maximum Gasteiger partial charge on any atom is 0.445 e. The zero-order valence-electron chi connectivity index (χ0n) is 23.9. The Morgan fingerprint density at radius 3 is 2.09 bits per heavy atom. The van der Waals surface area contributed by atoms with Gasteiger partial charge in [-0.05, 0) is 72.3 Å². The van der Waals surface area contributed by atoms with Gasteiger partial charge in [0, 0.05) is 28.3 Å². The minimum atomic E-state index is -4.56. The van der Waals surface area contributed by atoms with Crippen molar-refractivity contribution in [2.45, 2.75) is 29.9 Å². The molecule has 4 rings (SSSR count). The zero-order valence-corrected chi connectivity index (χ0v) is 26.5. The van der Waals surface area contributed by atoms with E-state index in [-0.39, 0.29) is 26.8 Å². The number of fused-ring (bicyclic) bond motifs is 1. The third-order valence-corrected chi connectivity index (χ3v) is 11.0. The van der Waals surface area contributed by atoms with E-state index in [2.05, 4.69) is 14.7 Å². The Bertz CT molecular complexity index is 1950. The molecule has 17 heteroatoms. The Morgan fingerprint density at radius 1 is 0.891 bits per heavy atom. The van der Waals surface area contributed by atoms with E-state index in [0.29, 0.717) is 29.0 Å². The highest BCUT2D eigenvalue weighted by molar-refractivity contribution is 7.92. The molecule has 0 radical (unpaired) electrons. The lowest BCUT2D eigenvalue weighted by Gasteiger charge is -2.20. The van der Waals surface area contributed by atoms with Crippen LogP contribution < -0.4 is 18.5 Å². The molecule has 0 aliphatic rings. The largest absolute Gasteiger partial charge is 0.494 e. The van der Waals surface area contributed by atoms with E-state index in [1.165, 1.54) is 6.07 Å². The fourth-order valence-electron chi connectivity index (χ4n) is 4.01. The summed E-state index contributed by atoms with van der Waals surface area (Å²) < 4.78 is 88.1. The van der Waals surface area contributed by atoms with Gasteiger partial charge in [0.1, 0.15) is 51.5 Å². The average Bonchev–Trinajstić information content (AvgIpc) is 3.46. The van der Waals surface area contributed by atoms with E-state index in [0.717, 1.165) is 73.4 Å². The minimum Gasteiger partial charge on any atom is -0.494 e. The lowest BCUT2D eigenvalue weighted by Crippen LogP contribution is -2.26. The molecule has 0 saturated carbocycles. The van der Waals surface area contributed by atoms with Crippen molar-refractivity contribution in [1.82, 2.24) is 4.72 Å². The molecule has 1 N–H and O–H groups in total. The van der Waals surface area contributed by atoms with Gasteiger partial charge in [0.15, 0.2) is 0 Å². The number of hydrogen-bond acceptors (Lipinski definition) is 10. The first-order valence-electron chi connectivity index (χ1n) is 13.6. The monoisotopic (exact) mass is 686 g/mol. The van der Waals surface area contributed by atoms with Crippen LogP contribution in [0.5, 0.6) is 17.2 Å². The number of nitrogens with zero attached hydrogens (tertiary/aromatic N) is 5. The second-order valence-electron chi connectivity index (χ2n) is 9.59. The summed E-state index contributed by atoms with van der Waals surface area (Å²) >= 11 is 0.942. The van der Waals surface area contributed by atoms with E-state index in [1.54, 1.807) is 30.3 Å². The molecule has 0 bridgehead atoms. The number of unbranched alkanes of at least 4 members (excludes halogenated alkanes) is 3. The first-order chi connectivity index (χ1) is 22.1. The van der Waals surface area contributed by atoms with Crippen LogP contribution in [0.15, 0.2) is 70.0 Å². The smallest absolute Gasteiger partial charge is 0.445 e. The fraction of sp³-hybridized carbons (Fsp3) is 0.241. The van der Waals surface area contributed by atoms with Gasteiger partial charge in [-0.3, -0.25) is 0 Å². The molecule has 0 atom stereocenters. The quantitative estimate of drug-likeness (QED) is 0.0407. The van der Waals surface area contributed by atoms with E-state index in [4.69, 9.17) is 29.8 Å². The predicted molar refractivity (Wildman–Crippen MR) is 166 cm³/mol. The van der Waals surface area contributed by atoms with Crippen molar-refractivity contribution in [2.24, 2.45) is 5.11 Å². The highest BCUT2D eigenvalue weighted by atomic mass is 32.2. The Morgan fingerprint density at radius 2 is 1.50 bits per heavy atom. The van der Waals surface area contributed by atoms with Crippen LogP contribution in [0.2, 0.25) is 0 Å². The standard InChI is InChI=1S/C29H25F2N6O6PS2/c30-26-14-24(9-6-21(26)17-32)42-44(38,43-25-10-7-22(18-33)27(31)15-25)19-36-46(39,40)29-13-20-5-8-23(16-28(20)45-29)41-12-4-2-1-3-11-35-37-34/h5-10,13-16,36H,1-4,11-12,19H2. The highest BCUT2D eigenvalue weighted by Crippen LogP contribution is 2.48. The summed E-state index contributed by atoms with van der Waals surface area (Å²) in [6, 6.07) is 15.8. The highest BCUT2D eigenvalue weighted by Gasteiger charge is 2.32. The van der Waals surface area contributed by atoms with Gasteiger partial charge in [-0.25, -0.2) is 21.8 Å². The predicted octanol–water partition coefficient (Wildman–Crippen LogP) is 7.76. The maximum absolute atomic E-state index is 14.2. The fourth-order valence-corrected chi connectivity index (χ4v) is 8.49. The third-order valence-electron chi connectivity index (χ3n) is 6.28. The molecule has 0 saturated heterocycles. The molecule has 0 spiro atoms. The summed E-state index contributed by atoms with van der Waals surface area (Å²) in [4.78, 5) is 2.71. The molecule has 1 aromatic heterocycles. The number of thiophene rings is 1. The number of sulfonamides is 1. The van der Waals surface area contributed by atoms with E-state index < -0.39 is 35.5 Å². The molecular weight excluding hydrogens is 661 g/mol. The summed E-state index contributed by atoms with van der Waals surface area (Å²) in [6.07, 6.45) is 2.44. The molecule has 1 heterocycles. The number of rotatable bonds is 16. The minimum absolute atomic E-state index is 0.111. The molecule has 3 aromatic carbocycles. The van der Waals surface area contributed by atoms with Gasteiger partial charge in [-0.15, -0.1) is 11.3 Å². The van der Waals surface area contributed by atoms with Gasteiger partial charge in [-0.2, -0.15) is 15.2 Å². The number of nitrogens with one attached hydrogen (secondary N) is 1. The van der Waals surface area contributed by atoms with Crippen LogP contribution in [0.3, 0.4) is 0 Å². The molecule has 46 heavy (non-hydrogen) atoms. The van der Waals surface area contributed by atoms with Crippen molar-refractivity contribution < 1.29 is 35.5 Å². The summed E-state index contributed by atoms with van der Waals surface area (Å²) in [7, 11) is -8.86. The SMILES string of the molecule is N#Cc1ccc(OP(=O)(CNS(=O)(=O)c2cc3ccc(OCCCCCCN=[N+]=[N-])cc3s2)Oc2ccc(C#N)c(F)c2)cc1F. The van der Waals surface area contributed by atoms with Gasteiger partial charge in [0.25, 0.3) is 10.0 Å². The Hall–Kier alpha value is -4.69. The lowest BCUT2D eigenvalue weighted by molar-refractivity contribution is 0.305. The number of hydrogen-bond donors (Lipinski definition) is 1. The van der Waals surface area contributed by atoms with E-state index in [1.807, 2.05) is 0 Å². The Labute approximate surface area is 267 Å². The molecule has 4 aromatic rings. The second-order valence-corrected chi connectivity index (χ2v) is 14.6. The van der Waals surface area contributed by atoms with Crippen LogP contribution in [0.25, 0.3) is 20.5 Å². The summed E-state index contributed by atoms with van der Waals surface area (Å²) in [6.45, 7) is 0.908. The third kappa shape index (κ3) is 9.17. The second kappa shape index (κ2) is 15.5. The van der Waals surface area contributed by atoms with Crippen LogP contribution >= 0.6 is 18.9 Å². The van der Waals surface area contributed by atoms with Crippen molar-refractivity contribution in [3.8, 4) is 29.4 Å². The number of benzene rings is 3. The molecular formula is C29H25F2N6O6PS2. The normalized spacial score (nSPS) is 11.3. The number of azide groups is 1. The summed E-state index contributed by atoms with van der Waals surface area (Å²) in [5, 5.41) is 22.1. The Kier molecular flexibility index (Phi) is 11.6. The average molecular weight is 687 g/mol. The van der Waals surface area contributed by atoms with Crippen molar-refractivity contribution in [3.05, 3.63) is 93.9 Å². The Balaban J connectivity index is 1.48. The van der Waals surface area contributed by atoms with Crippen LogP contribution in [-0.2, 0) is 14.6 Å². The van der Waals surface area contributed by atoms with Gasteiger partial charge in [0.05, 0.1) is 17.7 Å². The molecule has 0 unspecified atom stereocenters. The number of halogens is 2. The van der Waals surface area contributed by atoms with Crippen molar-refractivity contribution >= 4 is 39.0 Å². The summed E-state index contributed by atoms with van der Waals surface area (Å²) in [5.74, 6) is -2.08. The van der Waals surface area contributed by atoms with Crippen LogP contribution in [0.1, 0.15) is 36.8 Å². The molecule has 0 fully saturated rings. The zero-order chi connectivity index (χ0) is 33.2. The van der Waals surface area contributed by atoms with Crippen molar-refractivity contribution in [3.63, 3.8) is 0 Å². The van der Waals surface area contributed by atoms with E-state index >= 15 is 0 Å². The summed E-state index contributed by atoms with van der Waals surface area (Å²) in [5.41, 5.74) is 7.68. The topological polar surface area (TPSA) is 187 Å². The molecule has 0 aliphatic heterocycles. The molecule has 238 valence electrons. The van der Waals surface area contributed by atoms with Crippen molar-refractivity contribution in [1.29, 1.82) is 10.5 Å². The molecule has 0 amide bonds.